The maximum Gasteiger partial charge on any atom is 0.360 e. The van der Waals surface area contributed by atoms with Crippen LogP contribution in [0.25, 0.3) is 11.0 Å². The Balaban J connectivity index is 1.78. The average Bonchev–Trinajstić information content (AvgIpc) is 3.55. The van der Waals surface area contributed by atoms with Gasteiger partial charge in [0.1, 0.15) is 16.9 Å². The molecule has 3 heterocycles. The highest BCUT2D eigenvalue weighted by atomic mass is 16.5. The number of carbonyl (C=O) groups excluding carboxylic acids is 1. The summed E-state index contributed by atoms with van der Waals surface area (Å²) in [7, 11) is 3.23. The average molecular weight is 440 g/mol. The summed E-state index contributed by atoms with van der Waals surface area (Å²) >= 11 is 0. The van der Waals surface area contributed by atoms with Crippen LogP contribution in [0.4, 0.5) is 17.6 Å². The number of carbonyl (C=O) groups is 1. The largest absolute Gasteiger partial charge is 0.464 e. The lowest BCUT2D eigenvalue weighted by Gasteiger charge is -2.17. The van der Waals surface area contributed by atoms with Crippen LogP contribution in [0.1, 0.15) is 35.8 Å². The summed E-state index contributed by atoms with van der Waals surface area (Å²) in [5.41, 5.74) is 2.26. The van der Waals surface area contributed by atoms with Crippen LogP contribution in [0.5, 0.6) is 0 Å². The number of pyridine rings is 1. The predicted molar refractivity (Wildman–Crippen MR) is 121 cm³/mol. The number of aromatic nitrogens is 5. The lowest BCUT2D eigenvalue weighted by Crippen LogP contribution is -2.19. The fourth-order valence-corrected chi connectivity index (χ4v) is 3.28. The molecule has 1 saturated carbocycles. The molecule has 0 aromatic carbocycles. The first-order valence-electron chi connectivity index (χ1n) is 10.9. The molecule has 1 fully saturated rings. The highest BCUT2D eigenvalue weighted by Gasteiger charge is 2.25. The number of anilines is 3. The monoisotopic (exact) mass is 439 g/mol. The number of rotatable bonds is 10. The van der Waals surface area contributed by atoms with Gasteiger partial charge in [0.2, 0.25) is 5.95 Å². The van der Waals surface area contributed by atoms with Crippen LogP contribution in [-0.2, 0) is 16.0 Å². The van der Waals surface area contributed by atoms with Crippen molar-refractivity contribution in [2.24, 2.45) is 5.92 Å². The number of nitrogens with one attached hydrogen (secondary N) is 1. The van der Waals surface area contributed by atoms with Crippen LogP contribution in [0.15, 0.2) is 18.3 Å². The Morgan fingerprint density at radius 1 is 1.34 bits per heavy atom. The van der Waals surface area contributed by atoms with Crippen LogP contribution in [0.3, 0.4) is 0 Å². The summed E-state index contributed by atoms with van der Waals surface area (Å²) in [6, 6.07) is 3.85. The summed E-state index contributed by atoms with van der Waals surface area (Å²) in [6.07, 6.45) is 4.20. The van der Waals surface area contributed by atoms with E-state index in [1.807, 2.05) is 37.9 Å². The summed E-state index contributed by atoms with van der Waals surface area (Å²) in [6.45, 7) is 6.39. The van der Waals surface area contributed by atoms with Crippen LogP contribution in [-0.4, -0.2) is 64.6 Å². The SMILES string of the molecule is CCN(C)c1nc(Nc2cc(C)ccn2)c2c(n1)c(C(=O)OC)nn2CCOCC1CC1. The zero-order valence-electron chi connectivity index (χ0n) is 19.0. The first-order valence-corrected chi connectivity index (χ1v) is 10.9. The molecule has 3 aromatic rings. The number of ether oxygens (including phenoxy) is 2. The molecule has 3 aromatic heterocycles. The Kier molecular flexibility index (Phi) is 6.50. The van der Waals surface area contributed by atoms with Gasteiger partial charge in [-0.05, 0) is 50.3 Å². The molecular formula is C22H29N7O3. The minimum Gasteiger partial charge on any atom is -0.464 e. The second-order valence-electron chi connectivity index (χ2n) is 8.01. The standard InChI is InChI=1S/C22H29N7O3/c1-5-28(3)22-25-17-18(21(30)31-4)27-29(10-11-32-13-15-6-7-15)19(17)20(26-22)24-16-12-14(2)8-9-23-16/h8-9,12,15H,5-7,10-11,13H2,1-4H3,(H,23,24,25,26). The van der Waals surface area contributed by atoms with E-state index in [2.05, 4.69) is 20.4 Å². The maximum absolute atomic E-state index is 12.5. The summed E-state index contributed by atoms with van der Waals surface area (Å²) in [4.78, 5) is 28.2. The van der Waals surface area contributed by atoms with Crippen LogP contribution >= 0.6 is 0 Å². The molecular weight excluding hydrogens is 410 g/mol. The molecule has 1 aliphatic rings. The number of aryl methyl sites for hydroxylation is 1. The molecule has 0 radical (unpaired) electrons. The Hall–Kier alpha value is -3.27. The van der Waals surface area contributed by atoms with E-state index in [1.54, 1.807) is 10.9 Å². The van der Waals surface area contributed by atoms with Gasteiger partial charge in [-0.25, -0.2) is 14.8 Å². The fraction of sp³-hybridized carbons (Fsp3) is 0.500. The summed E-state index contributed by atoms with van der Waals surface area (Å²) in [5.74, 6) is 1.77. The lowest BCUT2D eigenvalue weighted by molar-refractivity contribution is 0.0593. The number of nitrogens with zero attached hydrogens (tertiary/aromatic N) is 6. The lowest BCUT2D eigenvalue weighted by atomic mass is 10.3. The molecule has 0 amide bonds. The number of esters is 1. The Morgan fingerprint density at radius 2 is 2.16 bits per heavy atom. The van der Waals surface area contributed by atoms with Crippen molar-refractivity contribution < 1.29 is 14.3 Å². The molecule has 10 nitrogen and oxygen atoms in total. The molecule has 1 aliphatic carbocycles. The van der Waals surface area contributed by atoms with E-state index in [0.717, 1.165) is 12.2 Å². The van der Waals surface area contributed by atoms with Crippen molar-refractivity contribution in [2.75, 3.05) is 44.1 Å². The zero-order valence-corrected chi connectivity index (χ0v) is 19.0. The summed E-state index contributed by atoms with van der Waals surface area (Å²) in [5, 5.41) is 7.81. The number of hydrogen-bond donors (Lipinski definition) is 1. The van der Waals surface area contributed by atoms with Crippen LogP contribution in [0, 0.1) is 12.8 Å². The van der Waals surface area contributed by atoms with E-state index in [-0.39, 0.29) is 5.69 Å². The first kappa shape index (κ1) is 21.9. The normalized spacial score (nSPS) is 13.4. The fourth-order valence-electron chi connectivity index (χ4n) is 3.28. The number of hydrogen-bond acceptors (Lipinski definition) is 9. The smallest absolute Gasteiger partial charge is 0.360 e. The van der Waals surface area contributed by atoms with Gasteiger partial charge >= 0.3 is 5.97 Å². The van der Waals surface area contributed by atoms with E-state index in [9.17, 15) is 4.79 Å². The quantitative estimate of drug-likeness (QED) is 0.377. The van der Waals surface area contributed by atoms with Gasteiger partial charge in [-0.3, -0.25) is 4.68 Å². The molecule has 1 N–H and O–H groups in total. The van der Waals surface area contributed by atoms with Gasteiger partial charge in [-0.2, -0.15) is 10.1 Å². The van der Waals surface area contributed by atoms with Gasteiger partial charge in [0.15, 0.2) is 11.5 Å². The highest BCUT2D eigenvalue weighted by Crippen LogP contribution is 2.30. The van der Waals surface area contributed by atoms with Gasteiger partial charge in [-0.1, -0.05) is 0 Å². The molecule has 170 valence electrons. The molecule has 0 unspecified atom stereocenters. The molecule has 0 bridgehead atoms. The van der Waals surface area contributed by atoms with Crippen LogP contribution in [0.2, 0.25) is 0 Å². The third-order valence-electron chi connectivity index (χ3n) is 5.43. The third kappa shape index (κ3) is 4.80. The van der Waals surface area contributed by atoms with E-state index in [4.69, 9.17) is 14.5 Å². The highest BCUT2D eigenvalue weighted by molar-refractivity contribution is 6.03. The molecule has 0 atom stereocenters. The second-order valence-corrected chi connectivity index (χ2v) is 8.01. The van der Waals surface area contributed by atoms with Crippen molar-refractivity contribution in [3.05, 3.63) is 29.6 Å². The maximum atomic E-state index is 12.5. The summed E-state index contributed by atoms with van der Waals surface area (Å²) < 4.78 is 12.5. The van der Waals surface area contributed by atoms with Gasteiger partial charge in [0, 0.05) is 26.4 Å². The van der Waals surface area contributed by atoms with Crippen molar-refractivity contribution in [3.8, 4) is 0 Å². The minimum absolute atomic E-state index is 0.151. The first-order chi connectivity index (χ1) is 15.5. The Bertz CT molecular complexity index is 1110. The Morgan fingerprint density at radius 3 is 2.84 bits per heavy atom. The van der Waals surface area contributed by atoms with Crippen molar-refractivity contribution >= 4 is 34.6 Å². The van der Waals surface area contributed by atoms with E-state index in [1.165, 1.54) is 20.0 Å². The van der Waals surface area contributed by atoms with E-state index >= 15 is 0 Å². The zero-order chi connectivity index (χ0) is 22.7. The van der Waals surface area contributed by atoms with Crippen molar-refractivity contribution in [1.29, 1.82) is 0 Å². The van der Waals surface area contributed by atoms with Gasteiger partial charge in [0.05, 0.1) is 20.3 Å². The number of methoxy groups -OCH3 is 1. The molecule has 0 saturated heterocycles. The number of fused-ring (bicyclic) bond motifs is 1. The van der Waals surface area contributed by atoms with Crippen molar-refractivity contribution in [2.45, 2.75) is 33.2 Å². The molecule has 0 aliphatic heterocycles. The van der Waals surface area contributed by atoms with Gasteiger partial charge in [0.25, 0.3) is 0 Å². The minimum atomic E-state index is -0.545. The van der Waals surface area contributed by atoms with Crippen molar-refractivity contribution in [1.82, 2.24) is 24.7 Å². The van der Waals surface area contributed by atoms with E-state index in [0.29, 0.717) is 54.2 Å². The predicted octanol–water partition coefficient (Wildman–Crippen LogP) is 2.94. The molecule has 0 spiro atoms. The second kappa shape index (κ2) is 9.47. The topological polar surface area (TPSA) is 107 Å². The third-order valence-corrected chi connectivity index (χ3v) is 5.43. The van der Waals surface area contributed by atoms with E-state index < -0.39 is 5.97 Å². The van der Waals surface area contributed by atoms with Crippen LogP contribution < -0.4 is 10.2 Å². The van der Waals surface area contributed by atoms with Crippen molar-refractivity contribution in [3.63, 3.8) is 0 Å². The Labute approximate surface area is 187 Å². The van der Waals surface area contributed by atoms with Gasteiger partial charge in [-0.15, -0.1) is 0 Å². The molecule has 10 heteroatoms. The molecule has 32 heavy (non-hydrogen) atoms. The van der Waals surface area contributed by atoms with Gasteiger partial charge < -0.3 is 19.7 Å². The molecule has 4 rings (SSSR count).